The molecule has 4 nitrogen and oxygen atoms in total. The third-order valence-corrected chi connectivity index (χ3v) is 3.60. The number of anilines is 1. The van der Waals surface area contributed by atoms with Crippen LogP contribution in [0.5, 0.6) is 0 Å². The lowest BCUT2D eigenvalue weighted by molar-refractivity contribution is -0.116. The summed E-state index contributed by atoms with van der Waals surface area (Å²) in [6.45, 7) is 2.12. The van der Waals surface area contributed by atoms with E-state index in [-0.39, 0.29) is 5.91 Å². The number of amides is 1. The fourth-order valence-electron chi connectivity index (χ4n) is 1.97. The van der Waals surface area contributed by atoms with Crippen molar-refractivity contribution in [1.29, 1.82) is 0 Å². The van der Waals surface area contributed by atoms with Crippen LogP contribution >= 0.6 is 15.9 Å². The molecule has 0 spiro atoms. The quantitative estimate of drug-likeness (QED) is 0.896. The predicted octanol–water partition coefficient (Wildman–Crippen LogP) is 2.17. The van der Waals surface area contributed by atoms with E-state index in [9.17, 15) is 4.79 Å². The van der Waals surface area contributed by atoms with E-state index >= 15 is 0 Å². The van der Waals surface area contributed by atoms with Gasteiger partial charge in [0.1, 0.15) is 5.82 Å². The molecule has 1 aliphatic heterocycles. The molecule has 1 aromatic rings. The maximum absolute atomic E-state index is 11.7. The van der Waals surface area contributed by atoms with Gasteiger partial charge in [0.2, 0.25) is 5.91 Å². The van der Waals surface area contributed by atoms with Gasteiger partial charge in [-0.05, 0) is 59.9 Å². The average Bonchev–Trinajstić information content (AvgIpc) is 2.82. The summed E-state index contributed by atoms with van der Waals surface area (Å²) in [5.74, 6) is 1.28. The summed E-state index contributed by atoms with van der Waals surface area (Å²) in [4.78, 5) is 15.8. The van der Waals surface area contributed by atoms with Crippen molar-refractivity contribution < 1.29 is 4.79 Å². The minimum Gasteiger partial charge on any atom is -0.316 e. The Balaban J connectivity index is 1.79. The summed E-state index contributed by atoms with van der Waals surface area (Å²) in [6.07, 6.45) is 4.36. The fourth-order valence-corrected chi connectivity index (χ4v) is 2.32. The number of rotatable bonds is 4. The van der Waals surface area contributed by atoms with E-state index < -0.39 is 0 Å². The molecule has 0 bridgehead atoms. The van der Waals surface area contributed by atoms with E-state index in [0.29, 0.717) is 18.2 Å². The van der Waals surface area contributed by atoms with Crippen molar-refractivity contribution in [1.82, 2.24) is 10.3 Å². The first kappa shape index (κ1) is 12.5. The molecule has 0 aliphatic carbocycles. The van der Waals surface area contributed by atoms with Crippen LogP contribution in [0.3, 0.4) is 0 Å². The molecule has 2 N–H and O–H groups in total. The molecule has 5 heteroatoms. The molecular formula is C12H16BrN3O. The Kier molecular flexibility index (Phi) is 4.50. The number of nitrogens with zero attached hydrogens (tertiary/aromatic N) is 1. The van der Waals surface area contributed by atoms with Crippen LogP contribution in [0.1, 0.15) is 19.3 Å². The largest absolute Gasteiger partial charge is 0.316 e. The van der Waals surface area contributed by atoms with Crippen molar-refractivity contribution in [2.75, 3.05) is 18.4 Å². The van der Waals surface area contributed by atoms with Gasteiger partial charge >= 0.3 is 0 Å². The normalized spacial score (nSPS) is 19.2. The van der Waals surface area contributed by atoms with Gasteiger partial charge in [-0.2, -0.15) is 0 Å². The SMILES string of the molecule is O=C(CCC1CCNC1)Nc1ncccc1Br. The zero-order valence-corrected chi connectivity index (χ0v) is 11.2. The van der Waals surface area contributed by atoms with Crippen molar-refractivity contribution in [3.05, 3.63) is 22.8 Å². The molecule has 17 heavy (non-hydrogen) atoms. The number of carbonyl (C=O) groups is 1. The lowest BCUT2D eigenvalue weighted by atomic mass is 10.0. The molecule has 0 radical (unpaired) electrons. The smallest absolute Gasteiger partial charge is 0.225 e. The molecule has 1 aliphatic rings. The first-order valence-corrected chi connectivity index (χ1v) is 6.66. The number of hydrogen-bond acceptors (Lipinski definition) is 3. The van der Waals surface area contributed by atoms with Gasteiger partial charge in [0, 0.05) is 12.6 Å². The third-order valence-electron chi connectivity index (χ3n) is 2.96. The fraction of sp³-hybridized carbons (Fsp3) is 0.500. The van der Waals surface area contributed by atoms with Gasteiger partial charge in [0.15, 0.2) is 0 Å². The summed E-state index contributed by atoms with van der Waals surface area (Å²) in [7, 11) is 0. The number of nitrogens with one attached hydrogen (secondary N) is 2. The van der Waals surface area contributed by atoms with Crippen LogP contribution in [0.25, 0.3) is 0 Å². The number of aromatic nitrogens is 1. The van der Waals surface area contributed by atoms with Crippen LogP contribution in [0.2, 0.25) is 0 Å². The van der Waals surface area contributed by atoms with Crippen LogP contribution in [-0.2, 0) is 4.79 Å². The minimum absolute atomic E-state index is 0.0382. The Morgan fingerprint density at radius 2 is 2.53 bits per heavy atom. The van der Waals surface area contributed by atoms with Crippen LogP contribution in [0, 0.1) is 5.92 Å². The molecular weight excluding hydrogens is 282 g/mol. The number of hydrogen-bond donors (Lipinski definition) is 2. The molecule has 2 rings (SSSR count). The van der Waals surface area contributed by atoms with E-state index in [1.54, 1.807) is 6.20 Å². The van der Waals surface area contributed by atoms with E-state index in [1.165, 1.54) is 6.42 Å². The maximum Gasteiger partial charge on any atom is 0.225 e. The third kappa shape index (κ3) is 3.78. The number of carbonyl (C=O) groups excluding carboxylic acids is 1. The molecule has 92 valence electrons. The second kappa shape index (κ2) is 6.12. The monoisotopic (exact) mass is 297 g/mol. The molecule has 1 amide bonds. The van der Waals surface area contributed by atoms with E-state index in [0.717, 1.165) is 24.0 Å². The van der Waals surface area contributed by atoms with Gasteiger partial charge in [0.05, 0.1) is 4.47 Å². The highest BCUT2D eigenvalue weighted by Crippen LogP contribution is 2.19. The minimum atomic E-state index is 0.0382. The number of pyridine rings is 1. The lowest BCUT2D eigenvalue weighted by Gasteiger charge is -2.08. The summed E-state index contributed by atoms with van der Waals surface area (Å²) >= 11 is 3.35. The molecule has 1 fully saturated rings. The van der Waals surface area contributed by atoms with Crippen molar-refractivity contribution in [2.45, 2.75) is 19.3 Å². The topological polar surface area (TPSA) is 54.0 Å². The Morgan fingerprint density at radius 1 is 1.65 bits per heavy atom. The summed E-state index contributed by atoms with van der Waals surface area (Å²) in [6, 6.07) is 3.69. The molecule has 1 aromatic heterocycles. The van der Waals surface area contributed by atoms with Crippen molar-refractivity contribution >= 4 is 27.7 Å². The first-order valence-electron chi connectivity index (χ1n) is 5.87. The molecule has 2 heterocycles. The van der Waals surface area contributed by atoms with Crippen LogP contribution in [0.4, 0.5) is 5.82 Å². The van der Waals surface area contributed by atoms with Gasteiger partial charge in [-0.1, -0.05) is 0 Å². The second-order valence-electron chi connectivity index (χ2n) is 4.28. The van der Waals surface area contributed by atoms with E-state index in [4.69, 9.17) is 0 Å². The Morgan fingerprint density at radius 3 is 3.24 bits per heavy atom. The Bertz CT molecular complexity index is 391. The second-order valence-corrected chi connectivity index (χ2v) is 5.13. The van der Waals surface area contributed by atoms with E-state index in [1.807, 2.05) is 12.1 Å². The van der Waals surface area contributed by atoms with Gasteiger partial charge in [0.25, 0.3) is 0 Å². The van der Waals surface area contributed by atoms with Gasteiger partial charge in [-0.25, -0.2) is 4.98 Å². The highest BCUT2D eigenvalue weighted by Gasteiger charge is 2.16. The maximum atomic E-state index is 11.7. The van der Waals surface area contributed by atoms with Crippen LogP contribution < -0.4 is 10.6 Å². The highest BCUT2D eigenvalue weighted by molar-refractivity contribution is 9.10. The number of halogens is 1. The zero-order chi connectivity index (χ0) is 12.1. The predicted molar refractivity (Wildman–Crippen MR) is 70.8 cm³/mol. The molecule has 1 atom stereocenters. The Hall–Kier alpha value is -0.940. The van der Waals surface area contributed by atoms with Crippen molar-refractivity contribution in [2.24, 2.45) is 5.92 Å². The summed E-state index contributed by atoms with van der Waals surface area (Å²) < 4.78 is 0.816. The van der Waals surface area contributed by atoms with Gasteiger partial charge in [-0.3, -0.25) is 4.79 Å². The molecule has 1 saturated heterocycles. The zero-order valence-electron chi connectivity index (χ0n) is 9.58. The summed E-state index contributed by atoms with van der Waals surface area (Å²) in [5.41, 5.74) is 0. The molecule has 0 aromatic carbocycles. The van der Waals surface area contributed by atoms with Crippen molar-refractivity contribution in [3.63, 3.8) is 0 Å². The first-order chi connectivity index (χ1) is 8.25. The lowest BCUT2D eigenvalue weighted by Crippen LogP contribution is -2.15. The standard InChI is InChI=1S/C12H16BrN3O/c13-10-2-1-6-15-12(10)16-11(17)4-3-9-5-7-14-8-9/h1-2,6,9,14H,3-5,7-8H2,(H,15,16,17). The van der Waals surface area contributed by atoms with Crippen LogP contribution in [0.15, 0.2) is 22.8 Å². The molecule has 0 saturated carbocycles. The van der Waals surface area contributed by atoms with Gasteiger partial charge < -0.3 is 10.6 Å². The van der Waals surface area contributed by atoms with E-state index in [2.05, 4.69) is 31.5 Å². The molecule has 1 unspecified atom stereocenters. The average molecular weight is 298 g/mol. The van der Waals surface area contributed by atoms with Crippen molar-refractivity contribution in [3.8, 4) is 0 Å². The highest BCUT2D eigenvalue weighted by atomic mass is 79.9. The summed E-state index contributed by atoms with van der Waals surface area (Å²) in [5, 5.41) is 6.12. The van der Waals surface area contributed by atoms with Crippen LogP contribution in [-0.4, -0.2) is 24.0 Å². The Labute approximate surface area is 109 Å². The van der Waals surface area contributed by atoms with Gasteiger partial charge in [-0.15, -0.1) is 0 Å².